The maximum atomic E-state index is 12.9. The number of ether oxygens (including phenoxy) is 1. The summed E-state index contributed by atoms with van der Waals surface area (Å²) in [7, 11) is 0. The van der Waals surface area contributed by atoms with Crippen molar-refractivity contribution in [3.05, 3.63) is 61.2 Å². The molecule has 1 aliphatic carbocycles. The Labute approximate surface area is 175 Å². The Morgan fingerprint density at radius 2 is 2.07 bits per heavy atom. The van der Waals surface area contributed by atoms with E-state index in [0.717, 1.165) is 36.1 Å². The number of amides is 1. The fourth-order valence-electron chi connectivity index (χ4n) is 3.63. The Morgan fingerprint density at radius 3 is 2.86 bits per heavy atom. The normalized spacial score (nSPS) is 13.2. The molecule has 8 heteroatoms. The zero-order chi connectivity index (χ0) is 20.5. The van der Waals surface area contributed by atoms with Gasteiger partial charge in [0.05, 0.1) is 22.7 Å². The summed E-state index contributed by atoms with van der Waals surface area (Å²) in [5, 5.41) is 3.94. The molecule has 0 saturated carbocycles. The predicted octanol–water partition coefficient (Wildman–Crippen LogP) is 4.55. The molecule has 0 saturated heterocycles. The molecule has 3 aromatic rings. The van der Waals surface area contributed by atoms with Gasteiger partial charge in [-0.1, -0.05) is 17.7 Å². The number of anilines is 1. The van der Waals surface area contributed by atoms with E-state index in [4.69, 9.17) is 16.3 Å². The van der Waals surface area contributed by atoms with Crippen LogP contribution < -0.4 is 10.7 Å². The molecule has 0 fully saturated rings. The van der Waals surface area contributed by atoms with Gasteiger partial charge in [-0.15, -0.1) is 11.3 Å². The molecule has 0 bridgehead atoms. The van der Waals surface area contributed by atoms with Crippen LogP contribution in [0.1, 0.15) is 50.9 Å². The van der Waals surface area contributed by atoms with E-state index in [1.165, 1.54) is 17.5 Å². The maximum Gasteiger partial charge on any atom is 0.341 e. The van der Waals surface area contributed by atoms with Crippen LogP contribution in [0.3, 0.4) is 0 Å². The lowest BCUT2D eigenvalue weighted by Crippen LogP contribution is -2.22. The molecule has 0 radical (unpaired) electrons. The van der Waals surface area contributed by atoms with Crippen molar-refractivity contribution in [2.75, 3.05) is 11.9 Å². The summed E-state index contributed by atoms with van der Waals surface area (Å²) in [5.41, 5.74) is 1.39. The molecule has 0 aliphatic heterocycles. The summed E-state index contributed by atoms with van der Waals surface area (Å²) in [5.74, 6) is -1.02. The van der Waals surface area contributed by atoms with Gasteiger partial charge in [0.1, 0.15) is 10.6 Å². The van der Waals surface area contributed by atoms with Gasteiger partial charge in [0.2, 0.25) is 5.43 Å². The smallest absolute Gasteiger partial charge is 0.341 e. The molecule has 2 aromatic heterocycles. The van der Waals surface area contributed by atoms with Crippen LogP contribution in [0.15, 0.2) is 29.2 Å². The zero-order valence-corrected chi connectivity index (χ0v) is 17.3. The second kappa shape index (κ2) is 8.00. The van der Waals surface area contributed by atoms with Crippen LogP contribution in [0.5, 0.6) is 0 Å². The molecule has 1 aliphatic rings. The minimum absolute atomic E-state index is 0.0408. The summed E-state index contributed by atoms with van der Waals surface area (Å²) >= 11 is 7.50. The summed E-state index contributed by atoms with van der Waals surface area (Å²) in [4.78, 5) is 42.3. The number of pyridine rings is 1. The second-order valence-corrected chi connectivity index (χ2v) is 8.30. The quantitative estimate of drug-likeness (QED) is 0.594. The molecular formula is C21H19ClN2O4S. The fraction of sp³-hybridized carbons (Fsp3) is 0.286. The number of rotatable bonds is 4. The number of aryl methyl sites for hydroxylation is 1. The van der Waals surface area contributed by atoms with Gasteiger partial charge in [-0.3, -0.25) is 9.59 Å². The topological polar surface area (TPSA) is 88.3 Å². The van der Waals surface area contributed by atoms with E-state index < -0.39 is 17.3 Å². The first-order valence-electron chi connectivity index (χ1n) is 9.44. The van der Waals surface area contributed by atoms with Gasteiger partial charge in [-0.25, -0.2) is 4.79 Å². The number of carbonyl (C=O) groups is 2. The standard InChI is InChI=1S/C21H19ClN2O4S/c1-2-28-21(27)16-11-6-3-4-9-15(11)29-20(16)24-19(26)13-10-23-17-12(18(13)25)7-5-8-14(17)22/h5,7-8,10H,2-4,6,9H2,1H3,(H,23,25)(H,24,26). The molecule has 4 rings (SSSR count). The molecule has 150 valence electrons. The molecule has 29 heavy (non-hydrogen) atoms. The average molecular weight is 431 g/mol. The first-order valence-corrected chi connectivity index (χ1v) is 10.6. The number of fused-ring (bicyclic) bond motifs is 2. The molecule has 1 aromatic carbocycles. The summed E-state index contributed by atoms with van der Waals surface area (Å²) in [6.45, 7) is 2.00. The van der Waals surface area contributed by atoms with Crippen molar-refractivity contribution in [2.45, 2.75) is 32.6 Å². The molecule has 1 amide bonds. The van der Waals surface area contributed by atoms with Crippen molar-refractivity contribution < 1.29 is 14.3 Å². The molecule has 2 N–H and O–H groups in total. The minimum Gasteiger partial charge on any atom is -0.462 e. The number of esters is 1. The Morgan fingerprint density at radius 1 is 1.28 bits per heavy atom. The monoisotopic (exact) mass is 430 g/mol. The Bertz CT molecular complexity index is 1180. The number of hydrogen-bond donors (Lipinski definition) is 2. The molecule has 0 atom stereocenters. The zero-order valence-electron chi connectivity index (χ0n) is 15.8. The highest BCUT2D eigenvalue weighted by Crippen LogP contribution is 2.38. The predicted molar refractivity (Wildman–Crippen MR) is 114 cm³/mol. The summed E-state index contributed by atoms with van der Waals surface area (Å²) in [6, 6.07) is 4.94. The third-order valence-corrected chi connectivity index (χ3v) is 6.51. The molecule has 6 nitrogen and oxygen atoms in total. The highest BCUT2D eigenvalue weighted by Gasteiger charge is 2.28. The Balaban J connectivity index is 1.73. The third kappa shape index (κ3) is 3.56. The molecule has 0 spiro atoms. The molecular weight excluding hydrogens is 412 g/mol. The van der Waals surface area contributed by atoms with Crippen LogP contribution >= 0.6 is 22.9 Å². The van der Waals surface area contributed by atoms with Crippen LogP contribution in [0.25, 0.3) is 10.9 Å². The van der Waals surface area contributed by atoms with Crippen molar-refractivity contribution in [2.24, 2.45) is 0 Å². The van der Waals surface area contributed by atoms with Gasteiger partial charge in [0, 0.05) is 16.5 Å². The van der Waals surface area contributed by atoms with E-state index >= 15 is 0 Å². The number of halogens is 1. The van der Waals surface area contributed by atoms with E-state index in [2.05, 4.69) is 10.3 Å². The van der Waals surface area contributed by atoms with Crippen molar-refractivity contribution in [3.63, 3.8) is 0 Å². The molecule has 0 unspecified atom stereocenters. The average Bonchev–Trinajstić information content (AvgIpc) is 3.07. The number of H-pyrrole nitrogens is 1. The van der Waals surface area contributed by atoms with Gasteiger partial charge >= 0.3 is 5.97 Å². The van der Waals surface area contributed by atoms with Crippen molar-refractivity contribution in [3.8, 4) is 0 Å². The SMILES string of the molecule is CCOC(=O)c1c(NC(=O)c2c[nH]c3c(Cl)cccc3c2=O)sc2c1CCCC2. The fourth-order valence-corrected chi connectivity index (χ4v) is 5.13. The van der Waals surface area contributed by atoms with Crippen LogP contribution in [0.4, 0.5) is 5.00 Å². The number of thiophene rings is 1. The van der Waals surface area contributed by atoms with Gasteiger partial charge in [-0.2, -0.15) is 0 Å². The lowest BCUT2D eigenvalue weighted by molar-refractivity contribution is 0.0526. The largest absolute Gasteiger partial charge is 0.462 e. The van der Waals surface area contributed by atoms with E-state index in [0.29, 0.717) is 26.5 Å². The van der Waals surface area contributed by atoms with Crippen molar-refractivity contribution in [1.82, 2.24) is 4.98 Å². The van der Waals surface area contributed by atoms with Crippen molar-refractivity contribution in [1.29, 1.82) is 0 Å². The van der Waals surface area contributed by atoms with Crippen LogP contribution in [-0.2, 0) is 17.6 Å². The van der Waals surface area contributed by atoms with Gasteiger partial charge in [0.15, 0.2) is 0 Å². The second-order valence-electron chi connectivity index (χ2n) is 6.78. The van der Waals surface area contributed by atoms with Gasteiger partial charge < -0.3 is 15.0 Å². The van der Waals surface area contributed by atoms with Gasteiger partial charge in [0.25, 0.3) is 5.91 Å². The van der Waals surface area contributed by atoms with Gasteiger partial charge in [-0.05, 0) is 50.3 Å². The number of para-hydroxylation sites is 1. The van der Waals surface area contributed by atoms with Crippen LogP contribution in [-0.4, -0.2) is 23.5 Å². The number of hydrogen-bond acceptors (Lipinski definition) is 5. The maximum absolute atomic E-state index is 12.9. The lowest BCUT2D eigenvalue weighted by Gasteiger charge is -2.12. The first kappa shape index (κ1) is 19.7. The summed E-state index contributed by atoms with van der Waals surface area (Å²) < 4.78 is 5.21. The first-order chi connectivity index (χ1) is 14.0. The van der Waals surface area contributed by atoms with Crippen LogP contribution in [0.2, 0.25) is 5.02 Å². The van der Waals surface area contributed by atoms with E-state index in [-0.39, 0.29) is 12.2 Å². The van der Waals surface area contributed by atoms with E-state index in [9.17, 15) is 14.4 Å². The number of benzene rings is 1. The number of aromatic nitrogens is 1. The Hall–Kier alpha value is -2.64. The highest BCUT2D eigenvalue weighted by atomic mass is 35.5. The number of aromatic amines is 1. The van der Waals surface area contributed by atoms with Crippen molar-refractivity contribution >= 4 is 50.7 Å². The summed E-state index contributed by atoms with van der Waals surface area (Å²) in [6.07, 6.45) is 5.05. The third-order valence-electron chi connectivity index (χ3n) is 4.99. The Kier molecular flexibility index (Phi) is 5.43. The number of nitrogens with one attached hydrogen (secondary N) is 2. The molecule has 2 heterocycles. The number of carbonyl (C=O) groups excluding carboxylic acids is 2. The van der Waals surface area contributed by atoms with E-state index in [1.54, 1.807) is 25.1 Å². The highest BCUT2D eigenvalue weighted by molar-refractivity contribution is 7.17. The van der Waals surface area contributed by atoms with E-state index in [1.807, 2.05) is 0 Å². The lowest BCUT2D eigenvalue weighted by atomic mass is 9.95. The van der Waals surface area contributed by atoms with Crippen LogP contribution in [0, 0.1) is 0 Å². The minimum atomic E-state index is -0.572.